The lowest BCUT2D eigenvalue weighted by Gasteiger charge is -2.26. The second kappa shape index (κ2) is 11.8. The Morgan fingerprint density at radius 3 is 2.76 bits per heavy atom. The third-order valence-corrected chi connectivity index (χ3v) is 10.7. The van der Waals surface area contributed by atoms with Crippen molar-refractivity contribution in [1.29, 1.82) is 0 Å². The van der Waals surface area contributed by atoms with Gasteiger partial charge in [-0.2, -0.15) is 18.1 Å². The number of carbonyl (C=O) groups is 1. The lowest BCUT2D eigenvalue weighted by atomic mass is 10.1. The molecule has 4 N–H and O–H groups in total. The number of aromatic amines is 1. The average Bonchev–Trinajstić information content (AvgIpc) is 3.76. The Morgan fingerprint density at radius 2 is 1.96 bits per heavy atom. The summed E-state index contributed by atoms with van der Waals surface area (Å²) in [5, 5.41) is 2.53. The molecule has 2 bridgehead atoms. The molecule has 4 aromatic rings. The Labute approximate surface area is 265 Å². The van der Waals surface area contributed by atoms with Crippen LogP contribution in [0.25, 0.3) is 22.3 Å². The number of carbonyl (C=O) groups excluding carboxylic acids is 1. The zero-order valence-corrected chi connectivity index (χ0v) is 26.8. The highest BCUT2D eigenvalue weighted by molar-refractivity contribution is 8.07. The molecule has 7 rings (SSSR count). The largest absolute Gasteiger partial charge is 0.338 e. The van der Waals surface area contributed by atoms with Crippen LogP contribution in [0.3, 0.4) is 0 Å². The average molecular weight is 697 g/mol. The molecular weight excluding hydrogens is 667 g/mol. The van der Waals surface area contributed by atoms with E-state index in [9.17, 15) is 22.9 Å². The first-order chi connectivity index (χ1) is 21.9. The normalized spacial score (nSPS) is 31.5. The molecule has 2 aliphatic heterocycles. The van der Waals surface area contributed by atoms with E-state index in [1.54, 1.807) is 26.4 Å². The van der Waals surface area contributed by atoms with Gasteiger partial charge < -0.3 is 23.2 Å². The molecule has 0 spiro atoms. The van der Waals surface area contributed by atoms with Gasteiger partial charge in [-0.05, 0) is 24.6 Å². The molecule has 22 heteroatoms. The summed E-state index contributed by atoms with van der Waals surface area (Å²) < 4.78 is 55.5. The maximum atomic E-state index is 13.3. The minimum Gasteiger partial charge on any atom is -0.336 e. The van der Waals surface area contributed by atoms with Gasteiger partial charge in [0.25, 0.3) is 5.56 Å². The number of hydrogen-bond acceptors (Lipinski definition) is 14. The smallest absolute Gasteiger partial charge is 0.336 e. The number of nitrogens with zero attached hydrogens (tertiary/aromatic N) is 7. The van der Waals surface area contributed by atoms with Gasteiger partial charge in [-0.3, -0.25) is 28.6 Å². The summed E-state index contributed by atoms with van der Waals surface area (Å²) in [6, 6.07) is -0.242. The van der Waals surface area contributed by atoms with Crippen molar-refractivity contribution in [1.82, 2.24) is 43.8 Å². The van der Waals surface area contributed by atoms with Crippen LogP contribution < -0.4 is 15.6 Å². The molecule has 1 saturated carbocycles. The third kappa shape index (κ3) is 6.09. The summed E-state index contributed by atoms with van der Waals surface area (Å²) in [5.74, 6) is -1.39. The molecule has 1 aliphatic carbocycles. The highest BCUT2D eigenvalue weighted by Gasteiger charge is 2.46. The Bertz CT molecular complexity index is 2030. The number of anilines is 1. The van der Waals surface area contributed by atoms with Crippen LogP contribution in [0.2, 0.25) is 0 Å². The van der Waals surface area contributed by atoms with Crippen molar-refractivity contribution in [3.8, 4) is 0 Å². The van der Waals surface area contributed by atoms with E-state index >= 15 is 0 Å². The van der Waals surface area contributed by atoms with Crippen molar-refractivity contribution in [2.75, 3.05) is 11.9 Å². The van der Waals surface area contributed by atoms with Gasteiger partial charge in [0.1, 0.15) is 24.2 Å². The van der Waals surface area contributed by atoms with Crippen LogP contribution in [-0.2, 0) is 44.9 Å². The fourth-order valence-corrected chi connectivity index (χ4v) is 8.44. The molecule has 3 fully saturated rings. The number of hydrogen-bond donors (Lipinski definition) is 4. The SMILES string of the molecule is CC(C)C(=O)Nc1nc2c(ncn2[C@@H]2OC3C[C@H]2OP(O)(=S)OC[C@H]2C[C@@H](n4cnc5cncnc54)C[C@@H]2OS(=O)(=O)N3)c(=O)[nH]1. The van der Waals surface area contributed by atoms with E-state index in [1.165, 1.54) is 17.2 Å². The Hall–Kier alpha value is -3.27. The molecule has 4 aromatic heterocycles. The molecular formula is C24H29N10O9PS2. The van der Waals surface area contributed by atoms with Gasteiger partial charge in [-0.15, -0.1) is 0 Å². The van der Waals surface area contributed by atoms with Crippen LogP contribution in [0.15, 0.2) is 30.0 Å². The van der Waals surface area contributed by atoms with Crippen LogP contribution in [0.4, 0.5) is 5.95 Å². The number of nitrogens with one attached hydrogen (secondary N) is 3. The van der Waals surface area contributed by atoms with Crippen molar-refractivity contribution in [2.45, 2.75) is 63.8 Å². The van der Waals surface area contributed by atoms with E-state index in [1.807, 2.05) is 4.57 Å². The predicted molar refractivity (Wildman–Crippen MR) is 161 cm³/mol. The fraction of sp³-hybridized carbons (Fsp3) is 0.542. The molecule has 6 heterocycles. The first-order valence-corrected chi connectivity index (χ1v) is 18.3. The van der Waals surface area contributed by atoms with Gasteiger partial charge in [0.2, 0.25) is 11.9 Å². The fourth-order valence-electron chi connectivity index (χ4n) is 5.86. The summed E-state index contributed by atoms with van der Waals surface area (Å²) in [7, 11) is -4.39. The van der Waals surface area contributed by atoms with Crippen molar-refractivity contribution in [2.24, 2.45) is 11.8 Å². The first-order valence-electron chi connectivity index (χ1n) is 14.3. The summed E-state index contributed by atoms with van der Waals surface area (Å²) in [4.78, 5) is 59.6. The highest BCUT2D eigenvalue weighted by Crippen LogP contribution is 2.51. The molecule has 0 aromatic carbocycles. The number of amides is 1. The molecule has 246 valence electrons. The first kappa shape index (κ1) is 31.3. The van der Waals surface area contributed by atoms with E-state index in [0.717, 1.165) is 0 Å². The number of fused-ring (bicyclic) bond motifs is 5. The van der Waals surface area contributed by atoms with E-state index < -0.39 is 53.2 Å². The van der Waals surface area contributed by atoms with Crippen LogP contribution in [0.5, 0.6) is 0 Å². The Morgan fingerprint density at radius 1 is 1.15 bits per heavy atom. The molecule has 1 amide bonds. The van der Waals surface area contributed by atoms with Gasteiger partial charge in [-0.25, -0.2) is 19.9 Å². The predicted octanol–water partition coefficient (Wildman–Crippen LogP) is 0.602. The summed E-state index contributed by atoms with van der Waals surface area (Å²) in [6.07, 6.45) is 2.13. The van der Waals surface area contributed by atoms with Gasteiger partial charge in [0, 0.05) is 24.3 Å². The van der Waals surface area contributed by atoms with Crippen LogP contribution in [-0.4, -0.2) is 83.3 Å². The zero-order valence-electron chi connectivity index (χ0n) is 24.3. The third-order valence-electron chi connectivity index (χ3n) is 8.02. The van der Waals surface area contributed by atoms with Gasteiger partial charge in [0.15, 0.2) is 23.0 Å². The second-order valence-corrected chi connectivity index (χ2v) is 15.6. The highest BCUT2D eigenvalue weighted by atomic mass is 32.5. The molecule has 3 aliphatic rings. The van der Waals surface area contributed by atoms with Gasteiger partial charge in [-0.1, -0.05) is 13.8 Å². The maximum absolute atomic E-state index is 13.3. The summed E-state index contributed by atoms with van der Waals surface area (Å²) >= 11 is 5.37. The van der Waals surface area contributed by atoms with Crippen LogP contribution in [0.1, 0.15) is 45.4 Å². The maximum Gasteiger partial charge on any atom is 0.338 e. The monoisotopic (exact) mass is 696 g/mol. The quantitative estimate of drug-likeness (QED) is 0.214. The number of H-pyrrole nitrogens is 1. The number of ether oxygens (including phenoxy) is 1. The number of imidazole rings is 2. The lowest BCUT2D eigenvalue weighted by Crippen LogP contribution is -2.39. The van der Waals surface area contributed by atoms with Crippen molar-refractivity contribution >= 4 is 63.0 Å². The van der Waals surface area contributed by atoms with Crippen LogP contribution >= 0.6 is 6.72 Å². The molecule has 2 unspecified atom stereocenters. The van der Waals surface area contributed by atoms with Crippen LogP contribution in [0, 0.1) is 11.8 Å². The molecule has 46 heavy (non-hydrogen) atoms. The van der Waals surface area contributed by atoms with Crippen molar-refractivity contribution in [3.05, 3.63) is 35.5 Å². The standard InChI is InChI=1S/C24H29N10O9PS2/c1-11(2)21(35)30-24-29-20-18(22(36)31-24)28-10-34(20)23-16-5-17(41-23)32-46(38,39)43-15-4-13(3-12(15)7-40-44(37,45)42-16)33-9-27-14-6-25-8-26-19(14)33/h6,8-13,15-17,23,32H,3-5,7H2,1-2H3,(H,37,45)(H2,29,30,31,35,36)/t12-,13-,15+,16-,17?,23-,44?/m1/s1. The number of rotatable bonds is 4. The Balaban J connectivity index is 1.17. The van der Waals surface area contributed by atoms with Gasteiger partial charge in [0.05, 0.1) is 31.6 Å². The molecule has 19 nitrogen and oxygen atoms in total. The second-order valence-electron chi connectivity index (χ2n) is 11.5. The minimum atomic E-state index is -4.39. The minimum absolute atomic E-state index is 0.00973. The molecule has 0 radical (unpaired) electrons. The summed E-state index contributed by atoms with van der Waals surface area (Å²) in [5.41, 5.74) is 0.477. The van der Waals surface area contributed by atoms with Gasteiger partial charge >= 0.3 is 17.0 Å². The number of aromatic nitrogens is 8. The topological polar surface area (TPSA) is 240 Å². The molecule has 2 saturated heterocycles. The van der Waals surface area contributed by atoms with Crippen molar-refractivity contribution in [3.63, 3.8) is 0 Å². The summed E-state index contributed by atoms with van der Waals surface area (Å²) in [6.45, 7) is -0.733. The van der Waals surface area contributed by atoms with Crippen molar-refractivity contribution < 1.29 is 36.1 Å². The van der Waals surface area contributed by atoms with E-state index in [4.69, 9.17) is 29.8 Å². The van der Waals surface area contributed by atoms with E-state index in [0.29, 0.717) is 17.6 Å². The molecule has 7 atom stereocenters. The van der Waals surface area contributed by atoms with E-state index in [2.05, 4.69) is 39.9 Å². The lowest BCUT2D eigenvalue weighted by molar-refractivity contribution is -0.118. The van der Waals surface area contributed by atoms with E-state index in [-0.39, 0.29) is 54.4 Å². The Kier molecular flexibility index (Phi) is 8.01. The zero-order chi connectivity index (χ0) is 32.4.